The molecule has 23 heavy (non-hydrogen) atoms. The molecule has 0 bridgehead atoms. The van der Waals surface area contributed by atoms with Gasteiger partial charge in [0.2, 0.25) is 0 Å². The van der Waals surface area contributed by atoms with Crippen molar-refractivity contribution in [2.24, 2.45) is 4.99 Å². The molecule has 4 nitrogen and oxygen atoms in total. The predicted octanol–water partition coefficient (Wildman–Crippen LogP) is 2.96. The van der Waals surface area contributed by atoms with E-state index >= 15 is 0 Å². The number of amidine groups is 1. The third-order valence-electron chi connectivity index (χ3n) is 3.25. The summed E-state index contributed by atoms with van der Waals surface area (Å²) < 4.78 is 5.53. The minimum atomic E-state index is -0.0477. The van der Waals surface area contributed by atoms with Gasteiger partial charge in [0.1, 0.15) is 12.4 Å². The molecule has 1 amide bonds. The van der Waals surface area contributed by atoms with Crippen molar-refractivity contribution in [1.29, 1.82) is 0 Å². The van der Waals surface area contributed by atoms with E-state index in [1.54, 1.807) is 25.1 Å². The van der Waals surface area contributed by atoms with Gasteiger partial charge in [-0.1, -0.05) is 18.1 Å². The Balaban J connectivity index is 2.32. The highest BCUT2D eigenvalue weighted by atomic mass is 32.2. The topological polar surface area (TPSA) is 41.9 Å². The second-order valence-corrected chi connectivity index (χ2v) is 5.84. The van der Waals surface area contributed by atoms with Crippen LogP contribution >= 0.6 is 11.8 Å². The number of hydrogen-bond acceptors (Lipinski definition) is 4. The van der Waals surface area contributed by atoms with Gasteiger partial charge in [0, 0.05) is 14.1 Å². The molecule has 2 rings (SSSR count). The Morgan fingerprint density at radius 1 is 1.52 bits per heavy atom. The number of thioether (sulfide) groups is 1. The van der Waals surface area contributed by atoms with Gasteiger partial charge in [-0.25, -0.2) is 0 Å². The fourth-order valence-electron chi connectivity index (χ4n) is 2.17. The average molecular weight is 326 g/mol. The maximum absolute atomic E-state index is 12.2. The van der Waals surface area contributed by atoms with Crippen LogP contribution in [0.25, 0.3) is 6.08 Å². The fourth-order valence-corrected chi connectivity index (χ4v) is 3.09. The van der Waals surface area contributed by atoms with Gasteiger partial charge in [0.25, 0.3) is 5.91 Å². The number of likely N-dealkylation sites (N-methyl/N-ethyl adjacent to an activating group) is 1. The third kappa shape index (κ3) is 3.85. The molecule has 1 saturated heterocycles. The van der Waals surface area contributed by atoms with Crippen molar-refractivity contribution >= 4 is 28.9 Å². The first kappa shape index (κ1) is 16.9. The van der Waals surface area contributed by atoms with E-state index in [9.17, 15) is 4.79 Å². The Bertz CT molecular complexity index is 729. The summed E-state index contributed by atoms with van der Waals surface area (Å²) in [5, 5.41) is 0.696. The highest BCUT2D eigenvalue weighted by Crippen LogP contribution is 2.32. The highest BCUT2D eigenvalue weighted by Gasteiger charge is 2.29. The first-order chi connectivity index (χ1) is 11.1. The molecular formula is C18H18N2O2S. The minimum absolute atomic E-state index is 0.0477. The van der Waals surface area contributed by atoms with Crippen LogP contribution < -0.4 is 4.74 Å². The normalized spacial score (nSPS) is 17.6. The summed E-state index contributed by atoms with van der Waals surface area (Å²) in [6, 6.07) is 5.75. The number of benzene rings is 1. The molecule has 1 fully saturated rings. The van der Waals surface area contributed by atoms with Crippen LogP contribution in [0.4, 0.5) is 0 Å². The number of amides is 1. The zero-order valence-electron chi connectivity index (χ0n) is 13.2. The van der Waals surface area contributed by atoms with Gasteiger partial charge in [-0.15, -0.1) is 13.0 Å². The lowest BCUT2D eigenvalue weighted by atomic mass is 10.1. The number of nitrogens with zero attached hydrogens (tertiary/aromatic N) is 2. The van der Waals surface area contributed by atoms with Gasteiger partial charge >= 0.3 is 0 Å². The van der Waals surface area contributed by atoms with Crippen molar-refractivity contribution < 1.29 is 9.53 Å². The third-order valence-corrected chi connectivity index (χ3v) is 4.40. The van der Waals surface area contributed by atoms with E-state index in [1.807, 2.05) is 24.3 Å². The van der Waals surface area contributed by atoms with E-state index in [-0.39, 0.29) is 12.5 Å². The standard InChI is InChI=1S/C18H18N2O2S/c1-5-7-14-11-13(8-9-15(14)22-10-6-2)12-16-17(21)20(4)18(19-3)23-16/h2,5,8-9,11-12H,1,7,10H2,3-4H3/b16-12-,19-18?. The van der Waals surface area contributed by atoms with E-state index in [0.717, 1.165) is 16.9 Å². The summed E-state index contributed by atoms with van der Waals surface area (Å²) in [5.74, 6) is 3.15. The zero-order valence-corrected chi connectivity index (χ0v) is 14.0. The molecule has 1 aliphatic rings. The molecule has 5 heteroatoms. The van der Waals surface area contributed by atoms with Crippen LogP contribution in [-0.4, -0.2) is 36.7 Å². The lowest BCUT2D eigenvalue weighted by molar-refractivity contribution is -0.121. The maximum atomic E-state index is 12.2. The van der Waals surface area contributed by atoms with Gasteiger partial charge in [0.05, 0.1) is 4.91 Å². The van der Waals surface area contributed by atoms with Crippen molar-refractivity contribution in [1.82, 2.24) is 4.90 Å². The van der Waals surface area contributed by atoms with Crippen LogP contribution in [0.15, 0.2) is 40.8 Å². The molecule has 0 saturated carbocycles. The first-order valence-corrected chi connectivity index (χ1v) is 7.86. The lowest BCUT2D eigenvalue weighted by Crippen LogP contribution is -2.23. The largest absolute Gasteiger partial charge is 0.481 e. The van der Waals surface area contributed by atoms with E-state index in [1.165, 1.54) is 11.8 Å². The first-order valence-electron chi connectivity index (χ1n) is 7.05. The highest BCUT2D eigenvalue weighted by molar-refractivity contribution is 8.18. The van der Waals surface area contributed by atoms with Gasteiger partial charge in [-0.3, -0.25) is 14.7 Å². The van der Waals surface area contributed by atoms with Gasteiger partial charge in [0.15, 0.2) is 5.17 Å². The summed E-state index contributed by atoms with van der Waals surface area (Å²) in [7, 11) is 3.40. The molecule has 0 radical (unpaired) electrons. The van der Waals surface area contributed by atoms with Crippen molar-refractivity contribution in [3.63, 3.8) is 0 Å². The SMILES string of the molecule is C#CCOc1ccc(/C=C2\SC(=NC)N(C)C2=O)cc1CC=C. The Hall–Kier alpha value is -2.45. The molecule has 0 aliphatic carbocycles. The van der Waals surface area contributed by atoms with E-state index in [0.29, 0.717) is 16.5 Å². The molecule has 0 unspecified atom stereocenters. The van der Waals surface area contributed by atoms with Crippen LogP contribution in [0.2, 0.25) is 0 Å². The van der Waals surface area contributed by atoms with Gasteiger partial charge in [-0.05, 0) is 47.5 Å². The van der Waals surface area contributed by atoms with Crippen molar-refractivity contribution in [2.45, 2.75) is 6.42 Å². The number of allylic oxidation sites excluding steroid dienone is 1. The molecule has 1 aromatic carbocycles. The minimum Gasteiger partial charge on any atom is -0.481 e. The lowest BCUT2D eigenvalue weighted by Gasteiger charge is -2.09. The summed E-state index contributed by atoms with van der Waals surface area (Å²) in [5.41, 5.74) is 1.91. The van der Waals surface area contributed by atoms with Crippen molar-refractivity contribution in [3.05, 3.63) is 46.9 Å². The van der Waals surface area contributed by atoms with Crippen LogP contribution in [0, 0.1) is 12.3 Å². The summed E-state index contributed by atoms with van der Waals surface area (Å²) in [6.45, 7) is 3.98. The number of rotatable bonds is 5. The monoisotopic (exact) mass is 326 g/mol. The number of hydrogen-bond donors (Lipinski definition) is 0. The molecule has 0 aromatic heterocycles. The van der Waals surface area contributed by atoms with E-state index in [4.69, 9.17) is 11.2 Å². The van der Waals surface area contributed by atoms with Gasteiger partial charge < -0.3 is 4.74 Å². The maximum Gasteiger partial charge on any atom is 0.266 e. The Morgan fingerprint density at radius 3 is 2.91 bits per heavy atom. The van der Waals surface area contributed by atoms with E-state index < -0.39 is 0 Å². The van der Waals surface area contributed by atoms with Crippen LogP contribution in [0.1, 0.15) is 11.1 Å². The molecule has 1 aliphatic heterocycles. The van der Waals surface area contributed by atoms with Crippen molar-refractivity contribution in [3.8, 4) is 18.1 Å². The number of terminal acetylenes is 1. The number of aliphatic imine (C=N–C) groups is 1. The molecule has 1 aromatic rings. The summed E-state index contributed by atoms with van der Waals surface area (Å²) >= 11 is 1.37. The fraction of sp³-hybridized carbons (Fsp3) is 0.222. The van der Waals surface area contributed by atoms with Crippen molar-refractivity contribution in [2.75, 3.05) is 20.7 Å². The summed E-state index contributed by atoms with van der Waals surface area (Å²) in [6.07, 6.45) is 9.57. The smallest absolute Gasteiger partial charge is 0.266 e. The molecule has 0 spiro atoms. The second kappa shape index (κ2) is 7.70. The molecule has 0 atom stereocenters. The number of carbonyl (C=O) groups is 1. The zero-order chi connectivity index (χ0) is 16.8. The number of ether oxygens (including phenoxy) is 1. The van der Waals surface area contributed by atoms with Crippen LogP contribution in [0.5, 0.6) is 5.75 Å². The van der Waals surface area contributed by atoms with Crippen LogP contribution in [0.3, 0.4) is 0 Å². The Morgan fingerprint density at radius 2 is 2.30 bits per heavy atom. The molecule has 0 N–H and O–H groups in total. The number of carbonyl (C=O) groups excluding carboxylic acids is 1. The Labute approximate surface area is 140 Å². The quantitative estimate of drug-likeness (QED) is 0.475. The Kier molecular flexibility index (Phi) is 5.67. The van der Waals surface area contributed by atoms with E-state index in [2.05, 4.69) is 17.5 Å². The molecular weight excluding hydrogens is 308 g/mol. The predicted molar refractivity (Wildman–Crippen MR) is 96.4 cm³/mol. The van der Waals surface area contributed by atoms with Crippen LogP contribution in [-0.2, 0) is 11.2 Å². The summed E-state index contributed by atoms with van der Waals surface area (Å²) in [4.78, 5) is 18.5. The second-order valence-electron chi connectivity index (χ2n) is 4.83. The van der Waals surface area contributed by atoms with Gasteiger partial charge in [-0.2, -0.15) is 0 Å². The molecule has 1 heterocycles. The average Bonchev–Trinajstić information content (AvgIpc) is 2.82. The molecule has 118 valence electrons.